The van der Waals surface area contributed by atoms with Gasteiger partial charge in [-0.3, -0.25) is 14.9 Å². The fourth-order valence-electron chi connectivity index (χ4n) is 4.15. The molecule has 1 aliphatic heterocycles. The van der Waals surface area contributed by atoms with Crippen molar-refractivity contribution in [3.63, 3.8) is 0 Å². The van der Waals surface area contributed by atoms with Gasteiger partial charge in [0.2, 0.25) is 0 Å². The Kier molecular flexibility index (Phi) is 8.46. The van der Waals surface area contributed by atoms with Gasteiger partial charge in [0.15, 0.2) is 11.5 Å². The second-order valence-electron chi connectivity index (χ2n) is 8.86. The summed E-state index contributed by atoms with van der Waals surface area (Å²) in [6, 6.07) is 17.2. The highest BCUT2D eigenvalue weighted by Crippen LogP contribution is 2.35. The molecule has 4 rings (SSSR count). The number of hydrogen-bond donors (Lipinski definition) is 1. The Labute approximate surface area is 227 Å². The van der Waals surface area contributed by atoms with Crippen LogP contribution in [0.2, 0.25) is 0 Å². The average Bonchev–Trinajstić information content (AvgIpc) is 2.92. The van der Waals surface area contributed by atoms with Gasteiger partial charge >= 0.3 is 6.03 Å². The van der Waals surface area contributed by atoms with Crippen LogP contribution in [0.4, 0.5) is 10.5 Å². The number of urea groups is 1. The fourth-order valence-corrected chi connectivity index (χ4v) is 4.15. The van der Waals surface area contributed by atoms with E-state index in [1.54, 1.807) is 42.5 Å². The molecule has 3 aromatic carbocycles. The van der Waals surface area contributed by atoms with Gasteiger partial charge < -0.3 is 14.2 Å². The molecule has 3 aromatic rings. The lowest BCUT2D eigenvalue weighted by molar-refractivity contribution is -0.122. The zero-order chi connectivity index (χ0) is 27.9. The van der Waals surface area contributed by atoms with Gasteiger partial charge in [-0.15, -0.1) is 6.58 Å². The van der Waals surface area contributed by atoms with Gasteiger partial charge in [-0.05, 0) is 73.9 Å². The maximum atomic E-state index is 13.3. The highest BCUT2D eigenvalue weighted by atomic mass is 16.5. The standard InChI is InChI=1S/C31H30N2O6/c1-5-7-23-16-22(18-27(37-4)28(23)39-19-21-10-8-20(3)9-11-21)17-26-29(34)32-31(36)33(30(26)35)24-12-14-25(15-13-24)38-6-2/h5,8-18H,1,6-7,19H2,2-4H3,(H,32,34,36)/b26-17+. The van der Waals surface area contributed by atoms with Gasteiger partial charge in [-0.2, -0.15) is 0 Å². The maximum absolute atomic E-state index is 13.3. The molecule has 8 nitrogen and oxygen atoms in total. The summed E-state index contributed by atoms with van der Waals surface area (Å²) in [5.41, 5.74) is 3.58. The number of nitrogens with one attached hydrogen (secondary N) is 1. The van der Waals surface area contributed by atoms with E-state index in [2.05, 4.69) is 11.9 Å². The Hall–Kier alpha value is -4.85. The minimum atomic E-state index is -0.823. The largest absolute Gasteiger partial charge is 0.494 e. The quantitative estimate of drug-likeness (QED) is 0.217. The molecule has 0 unspecified atom stereocenters. The number of barbiturate groups is 1. The van der Waals surface area contributed by atoms with E-state index in [0.29, 0.717) is 48.1 Å². The molecule has 0 aliphatic carbocycles. The number of ether oxygens (including phenoxy) is 3. The number of carbonyl (C=O) groups excluding carboxylic acids is 3. The lowest BCUT2D eigenvalue weighted by Crippen LogP contribution is -2.54. The van der Waals surface area contributed by atoms with Crippen molar-refractivity contribution < 1.29 is 28.6 Å². The number of methoxy groups -OCH3 is 1. The number of rotatable bonds is 10. The second kappa shape index (κ2) is 12.1. The number of hydrogen-bond acceptors (Lipinski definition) is 6. The first-order chi connectivity index (χ1) is 18.8. The van der Waals surface area contributed by atoms with Crippen molar-refractivity contribution >= 4 is 29.6 Å². The molecule has 0 aromatic heterocycles. The Balaban J connectivity index is 1.66. The van der Waals surface area contributed by atoms with Crippen LogP contribution in [0.3, 0.4) is 0 Å². The molecule has 0 atom stereocenters. The molecule has 0 bridgehead atoms. The summed E-state index contributed by atoms with van der Waals surface area (Å²) in [6.45, 7) is 8.53. The van der Waals surface area contributed by atoms with E-state index in [-0.39, 0.29) is 5.57 Å². The van der Waals surface area contributed by atoms with Crippen molar-refractivity contribution in [1.29, 1.82) is 0 Å². The zero-order valence-electron chi connectivity index (χ0n) is 22.2. The molecule has 1 heterocycles. The van der Waals surface area contributed by atoms with Crippen molar-refractivity contribution in [2.75, 3.05) is 18.6 Å². The first kappa shape index (κ1) is 27.2. The molecule has 200 valence electrons. The van der Waals surface area contributed by atoms with Crippen molar-refractivity contribution in [2.45, 2.75) is 26.9 Å². The van der Waals surface area contributed by atoms with Crippen LogP contribution >= 0.6 is 0 Å². The molecule has 8 heteroatoms. The third-order valence-electron chi connectivity index (χ3n) is 6.06. The number of allylic oxidation sites excluding steroid dienone is 1. The molecular weight excluding hydrogens is 496 g/mol. The van der Waals surface area contributed by atoms with Crippen molar-refractivity contribution in [3.05, 3.63) is 101 Å². The number of anilines is 1. The van der Waals surface area contributed by atoms with E-state index in [1.165, 1.54) is 13.2 Å². The van der Waals surface area contributed by atoms with E-state index in [1.807, 2.05) is 38.1 Å². The summed E-state index contributed by atoms with van der Waals surface area (Å²) in [5, 5.41) is 2.25. The molecule has 4 amide bonds. The van der Waals surface area contributed by atoms with E-state index in [0.717, 1.165) is 21.6 Å². The lowest BCUT2D eigenvalue weighted by atomic mass is 10.0. The number of amides is 4. The van der Waals surface area contributed by atoms with Gasteiger partial charge in [0.1, 0.15) is 17.9 Å². The van der Waals surface area contributed by atoms with Crippen LogP contribution in [-0.4, -0.2) is 31.6 Å². The molecule has 39 heavy (non-hydrogen) atoms. The predicted octanol–water partition coefficient (Wildman–Crippen LogP) is 5.38. The second-order valence-corrected chi connectivity index (χ2v) is 8.86. The molecule has 1 fully saturated rings. The average molecular weight is 527 g/mol. The SMILES string of the molecule is C=CCc1cc(/C=C2\C(=O)NC(=O)N(c3ccc(OCC)cc3)C2=O)cc(OC)c1OCc1ccc(C)cc1. The third kappa shape index (κ3) is 6.18. The Morgan fingerprint density at radius 3 is 2.33 bits per heavy atom. The molecule has 1 N–H and O–H groups in total. The Bertz CT molecular complexity index is 1420. The summed E-state index contributed by atoms with van der Waals surface area (Å²) >= 11 is 0. The number of aryl methyl sites for hydroxylation is 1. The summed E-state index contributed by atoms with van der Waals surface area (Å²) in [7, 11) is 1.52. The van der Waals surface area contributed by atoms with Crippen molar-refractivity contribution in [1.82, 2.24) is 5.32 Å². The number of imide groups is 2. The third-order valence-corrected chi connectivity index (χ3v) is 6.06. The van der Waals surface area contributed by atoms with Gasteiger partial charge in [-0.1, -0.05) is 35.9 Å². The minimum absolute atomic E-state index is 0.191. The van der Waals surface area contributed by atoms with Crippen molar-refractivity contribution in [2.24, 2.45) is 0 Å². The van der Waals surface area contributed by atoms with Crippen LogP contribution in [0.5, 0.6) is 17.2 Å². The highest BCUT2D eigenvalue weighted by molar-refractivity contribution is 6.39. The predicted molar refractivity (Wildman–Crippen MR) is 149 cm³/mol. The maximum Gasteiger partial charge on any atom is 0.335 e. The Morgan fingerprint density at radius 2 is 1.69 bits per heavy atom. The molecule has 0 spiro atoms. The number of benzene rings is 3. The van der Waals surface area contributed by atoms with Crippen LogP contribution in [-0.2, 0) is 22.6 Å². The van der Waals surface area contributed by atoms with E-state index >= 15 is 0 Å². The van der Waals surface area contributed by atoms with E-state index in [4.69, 9.17) is 14.2 Å². The van der Waals surface area contributed by atoms with Crippen LogP contribution in [0, 0.1) is 6.92 Å². The Morgan fingerprint density at radius 1 is 0.974 bits per heavy atom. The number of nitrogens with zero attached hydrogens (tertiary/aromatic N) is 1. The van der Waals surface area contributed by atoms with Crippen LogP contribution in [0.15, 0.2) is 78.9 Å². The van der Waals surface area contributed by atoms with Crippen molar-refractivity contribution in [3.8, 4) is 17.2 Å². The first-order valence-corrected chi connectivity index (χ1v) is 12.5. The molecule has 0 radical (unpaired) electrons. The topological polar surface area (TPSA) is 94.2 Å². The van der Waals surface area contributed by atoms with Gasteiger partial charge in [0, 0.05) is 5.56 Å². The van der Waals surface area contributed by atoms with Gasteiger partial charge in [0.05, 0.1) is 19.4 Å². The lowest BCUT2D eigenvalue weighted by Gasteiger charge is -2.26. The summed E-state index contributed by atoms with van der Waals surface area (Å²) in [5.74, 6) is 0.0691. The molecule has 1 saturated heterocycles. The minimum Gasteiger partial charge on any atom is -0.494 e. The number of carbonyl (C=O) groups is 3. The molecular formula is C31H30N2O6. The van der Waals surface area contributed by atoms with Gasteiger partial charge in [-0.25, -0.2) is 9.69 Å². The normalized spacial score (nSPS) is 14.3. The summed E-state index contributed by atoms with van der Waals surface area (Å²) in [4.78, 5) is 39.6. The summed E-state index contributed by atoms with van der Waals surface area (Å²) in [6.07, 6.45) is 3.63. The summed E-state index contributed by atoms with van der Waals surface area (Å²) < 4.78 is 17.2. The first-order valence-electron chi connectivity index (χ1n) is 12.5. The fraction of sp³-hybridized carbons (Fsp3) is 0.194. The van der Waals surface area contributed by atoms with Crippen LogP contribution in [0.1, 0.15) is 29.2 Å². The van der Waals surface area contributed by atoms with Crippen LogP contribution < -0.4 is 24.4 Å². The zero-order valence-corrected chi connectivity index (χ0v) is 22.2. The van der Waals surface area contributed by atoms with Gasteiger partial charge in [0.25, 0.3) is 11.8 Å². The van der Waals surface area contributed by atoms with E-state index in [9.17, 15) is 14.4 Å². The van der Waals surface area contributed by atoms with E-state index < -0.39 is 17.8 Å². The molecule has 0 saturated carbocycles. The molecule has 1 aliphatic rings. The monoisotopic (exact) mass is 526 g/mol. The van der Waals surface area contributed by atoms with Crippen LogP contribution in [0.25, 0.3) is 6.08 Å². The smallest absolute Gasteiger partial charge is 0.335 e. The highest BCUT2D eigenvalue weighted by Gasteiger charge is 2.37.